The van der Waals surface area contributed by atoms with Gasteiger partial charge in [0.2, 0.25) is 5.91 Å². The summed E-state index contributed by atoms with van der Waals surface area (Å²) >= 11 is 3.04. The molecule has 1 amide bonds. The number of hydrogen-bond acceptors (Lipinski definition) is 5. The Kier molecular flexibility index (Phi) is 7.11. The van der Waals surface area contributed by atoms with E-state index in [2.05, 4.69) is 15.5 Å². The largest absolute Gasteiger partial charge is 0.325 e. The maximum atomic E-state index is 12.9. The predicted octanol–water partition coefficient (Wildman–Crippen LogP) is 4.43. The van der Waals surface area contributed by atoms with Gasteiger partial charge in [-0.1, -0.05) is 41.6 Å². The molecule has 1 N–H and O–H groups in total. The van der Waals surface area contributed by atoms with Gasteiger partial charge in [0, 0.05) is 18.5 Å². The summed E-state index contributed by atoms with van der Waals surface area (Å²) < 4.78 is 14.8. The van der Waals surface area contributed by atoms with E-state index in [0.29, 0.717) is 10.9 Å². The third-order valence-corrected chi connectivity index (χ3v) is 6.03. The molecule has 2 aromatic carbocycles. The molecule has 0 saturated heterocycles. The fourth-order valence-corrected chi connectivity index (χ4v) is 4.10. The number of thioether (sulfide) groups is 2. The smallest absolute Gasteiger partial charge is 0.234 e. The number of amides is 1. The zero-order valence-electron chi connectivity index (χ0n) is 15.7. The molecule has 3 rings (SSSR count). The first-order valence-corrected chi connectivity index (χ1v) is 10.8. The molecule has 0 atom stereocenters. The number of aryl methyl sites for hydroxylation is 1. The van der Waals surface area contributed by atoms with Gasteiger partial charge in [-0.15, -0.1) is 22.0 Å². The van der Waals surface area contributed by atoms with Gasteiger partial charge in [-0.3, -0.25) is 4.79 Å². The minimum absolute atomic E-state index is 0.0795. The lowest BCUT2D eigenvalue weighted by molar-refractivity contribution is -0.113. The van der Waals surface area contributed by atoms with Crippen LogP contribution in [0.4, 0.5) is 10.1 Å². The normalized spacial score (nSPS) is 10.8. The number of hydrogen-bond donors (Lipinski definition) is 1. The molecule has 8 heteroatoms. The molecule has 1 heterocycles. The number of halogens is 1. The minimum Gasteiger partial charge on any atom is -0.325 e. The molecule has 0 aliphatic carbocycles. The Labute approximate surface area is 172 Å². The highest BCUT2D eigenvalue weighted by Gasteiger charge is 2.12. The Morgan fingerprint density at radius 3 is 2.50 bits per heavy atom. The Morgan fingerprint density at radius 1 is 1.07 bits per heavy atom. The average Bonchev–Trinajstić information content (AvgIpc) is 3.03. The lowest BCUT2D eigenvalue weighted by Crippen LogP contribution is -2.14. The number of carbonyl (C=O) groups excluding carboxylic acids is 1. The molecule has 28 heavy (non-hydrogen) atoms. The van der Waals surface area contributed by atoms with Crippen LogP contribution in [0, 0.1) is 12.7 Å². The Balaban J connectivity index is 1.46. The molecule has 0 unspecified atom stereocenters. The highest BCUT2D eigenvalue weighted by molar-refractivity contribution is 7.99. The SMILES string of the molecule is Cc1ccc(NC(=O)CSc2nnc(CSCc3ccc(F)cc3)n2C)cc1. The van der Waals surface area contributed by atoms with E-state index in [1.807, 2.05) is 42.8 Å². The van der Waals surface area contributed by atoms with E-state index in [-0.39, 0.29) is 17.5 Å². The second-order valence-electron chi connectivity index (χ2n) is 6.28. The second-order valence-corrected chi connectivity index (χ2v) is 8.21. The minimum atomic E-state index is -0.227. The summed E-state index contributed by atoms with van der Waals surface area (Å²) in [5.74, 6) is 2.27. The van der Waals surface area contributed by atoms with E-state index < -0.39 is 0 Å². The molecule has 0 radical (unpaired) electrons. The summed E-state index contributed by atoms with van der Waals surface area (Å²) in [4.78, 5) is 12.1. The van der Waals surface area contributed by atoms with Crippen LogP contribution >= 0.6 is 23.5 Å². The van der Waals surface area contributed by atoms with E-state index in [1.54, 1.807) is 23.9 Å². The summed E-state index contributed by atoms with van der Waals surface area (Å²) in [7, 11) is 1.90. The molecule has 0 aliphatic rings. The molecule has 0 fully saturated rings. The fraction of sp³-hybridized carbons (Fsp3) is 0.250. The number of nitrogens with zero attached hydrogens (tertiary/aromatic N) is 3. The Hall–Kier alpha value is -2.32. The van der Waals surface area contributed by atoms with Crippen molar-refractivity contribution in [2.75, 3.05) is 11.1 Å². The third kappa shape index (κ3) is 5.84. The molecular weight excluding hydrogens is 395 g/mol. The molecule has 0 aliphatic heterocycles. The Bertz CT molecular complexity index is 926. The molecule has 1 aromatic heterocycles. The molecule has 5 nitrogen and oxygen atoms in total. The van der Waals surface area contributed by atoms with Gasteiger partial charge in [0.1, 0.15) is 11.6 Å². The molecule has 146 valence electrons. The maximum absolute atomic E-state index is 12.9. The third-order valence-electron chi connectivity index (χ3n) is 4.01. The van der Waals surface area contributed by atoms with Gasteiger partial charge in [0.25, 0.3) is 0 Å². The first-order valence-electron chi connectivity index (χ1n) is 8.71. The van der Waals surface area contributed by atoms with Crippen molar-refractivity contribution < 1.29 is 9.18 Å². The van der Waals surface area contributed by atoms with Gasteiger partial charge >= 0.3 is 0 Å². The van der Waals surface area contributed by atoms with Gasteiger partial charge in [-0.05, 0) is 36.8 Å². The van der Waals surface area contributed by atoms with Crippen molar-refractivity contribution in [1.29, 1.82) is 0 Å². The van der Waals surface area contributed by atoms with Crippen LogP contribution < -0.4 is 5.32 Å². The summed E-state index contributed by atoms with van der Waals surface area (Å²) in [5.41, 5.74) is 3.00. The maximum Gasteiger partial charge on any atom is 0.234 e. The molecule has 0 spiro atoms. The predicted molar refractivity (Wildman–Crippen MR) is 113 cm³/mol. The topological polar surface area (TPSA) is 59.8 Å². The Morgan fingerprint density at radius 2 is 1.79 bits per heavy atom. The van der Waals surface area contributed by atoms with Crippen molar-refractivity contribution in [2.24, 2.45) is 7.05 Å². The summed E-state index contributed by atoms with van der Waals surface area (Å²) in [6.07, 6.45) is 0. The summed E-state index contributed by atoms with van der Waals surface area (Å²) in [5, 5.41) is 12.0. The fourth-order valence-electron chi connectivity index (χ4n) is 2.40. The van der Waals surface area contributed by atoms with Crippen molar-refractivity contribution in [3.8, 4) is 0 Å². The van der Waals surface area contributed by atoms with Gasteiger partial charge in [-0.2, -0.15) is 0 Å². The van der Waals surface area contributed by atoms with Gasteiger partial charge in [0.15, 0.2) is 5.16 Å². The lowest BCUT2D eigenvalue weighted by Gasteiger charge is -2.06. The van der Waals surface area contributed by atoms with Crippen LogP contribution in [0.15, 0.2) is 53.7 Å². The molecule has 0 saturated carbocycles. The number of benzene rings is 2. The summed E-state index contributed by atoms with van der Waals surface area (Å²) in [6, 6.07) is 14.2. The zero-order valence-corrected chi connectivity index (χ0v) is 17.3. The van der Waals surface area contributed by atoms with Gasteiger partial charge in [0.05, 0.1) is 11.5 Å². The standard InChI is InChI=1S/C20H21FN4OS2/c1-14-3-9-17(10-4-14)22-19(26)13-28-20-24-23-18(25(20)2)12-27-11-15-5-7-16(21)8-6-15/h3-10H,11-13H2,1-2H3,(H,22,26). The van der Waals surface area contributed by atoms with Crippen LogP contribution in [0.5, 0.6) is 0 Å². The zero-order chi connectivity index (χ0) is 19.9. The van der Waals surface area contributed by atoms with Gasteiger partial charge < -0.3 is 9.88 Å². The van der Waals surface area contributed by atoms with Crippen LogP contribution in [-0.4, -0.2) is 26.4 Å². The van der Waals surface area contributed by atoms with E-state index >= 15 is 0 Å². The lowest BCUT2D eigenvalue weighted by atomic mass is 10.2. The van der Waals surface area contributed by atoms with E-state index in [9.17, 15) is 9.18 Å². The number of aromatic nitrogens is 3. The van der Waals surface area contributed by atoms with Crippen molar-refractivity contribution in [2.45, 2.75) is 23.6 Å². The van der Waals surface area contributed by atoms with Crippen LogP contribution in [0.2, 0.25) is 0 Å². The van der Waals surface area contributed by atoms with Crippen LogP contribution in [0.3, 0.4) is 0 Å². The average molecular weight is 417 g/mol. The number of rotatable bonds is 8. The first-order chi connectivity index (χ1) is 13.5. The highest BCUT2D eigenvalue weighted by Crippen LogP contribution is 2.21. The highest BCUT2D eigenvalue weighted by atomic mass is 32.2. The van der Waals surface area contributed by atoms with Crippen molar-refractivity contribution in [1.82, 2.24) is 14.8 Å². The second kappa shape index (κ2) is 9.75. The van der Waals surface area contributed by atoms with E-state index in [0.717, 1.165) is 28.4 Å². The van der Waals surface area contributed by atoms with Crippen molar-refractivity contribution in [3.63, 3.8) is 0 Å². The van der Waals surface area contributed by atoms with Crippen molar-refractivity contribution in [3.05, 3.63) is 71.3 Å². The van der Waals surface area contributed by atoms with Crippen LogP contribution in [-0.2, 0) is 23.3 Å². The number of anilines is 1. The van der Waals surface area contributed by atoms with E-state index in [1.165, 1.54) is 23.9 Å². The summed E-state index contributed by atoms with van der Waals surface area (Å²) in [6.45, 7) is 2.01. The molecular formula is C20H21FN4OS2. The first kappa shape index (κ1) is 20.4. The van der Waals surface area contributed by atoms with Crippen molar-refractivity contribution >= 4 is 35.1 Å². The van der Waals surface area contributed by atoms with Gasteiger partial charge in [-0.25, -0.2) is 4.39 Å². The molecule has 0 bridgehead atoms. The monoisotopic (exact) mass is 416 g/mol. The number of carbonyl (C=O) groups is 1. The molecule has 3 aromatic rings. The van der Waals surface area contributed by atoms with E-state index in [4.69, 9.17) is 0 Å². The number of nitrogens with one attached hydrogen (secondary N) is 1. The van der Waals surface area contributed by atoms with Crippen LogP contribution in [0.25, 0.3) is 0 Å². The quantitative estimate of drug-likeness (QED) is 0.551. The van der Waals surface area contributed by atoms with Crippen LogP contribution in [0.1, 0.15) is 17.0 Å².